The lowest BCUT2D eigenvalue weighted by Gasteiger charge is -2.22. The zero-order chi connectivity index (χ0) is 37.4. The van der Waals surface area contributed by atoms with Gasteiger partial charge in [0.15, 0.2) is 5.96 Å². The van der Waals surface area contributed by atoms with Gasteiger partial charge in [-0.25, -0.2) is 4.79 Å². The standard InChI is InChI=1S/C22H31N7O.C16H24F3N/c1-22(2,3)18-12-16-14-29(21(30)27-19(16)26-18)17-8-6-15(7-9-17)13-28(4)11-5-10-25-20(23)24;1-11(20)6-5-7-12-8-13(15(2,3)4)10-14(9-12)16(17,18)19/h6-9,12,14H,5,10-11,13H2,1-4H3,(H4,23,24,25)(H,26,27,30);8-11H,5-7,20H2,1-4H3/t;11-/m.0/s1. The van der Waals surface area contributed by atoms with Gasteiger partial charge in [0.25, 0.3) is 0 Å². The smallest absolute Gasteiger partial charge is 0.370 e. The number of halogens is 3. The number of alkyl halides is 3. The Bertz CT molecular complexity index is 1740. The number of rotatable bonds is 11. The molecule has 7 N–H and O–H groups in total. The minimum Gasteiger partial charge on any atom is -0.370 e. The molecule has 274 valence electrons. The summed E-state index contributed by atoms with van der Waals surface area (Å²) < 4.78 is 40.5. The van der Waals surface area contributed by atoms with Crippen LogP contribution in [0.3, 0.4) is 0 Å². The molecule has 2 aromatic heterocycles. The first kappa shape index (κ1) is 40.3. The number of aryl methyl sites for hydroxylation is 1. The van der Waals surface area contributed by atoms with Gasteiger partial charge in [-0.2, -0.15) is 18.2 Å². The molecule has 0 saturated heterocycles. The molecular weight excluding hydrogens is 641 g/mol. The third-order valence-electron chi connectivity index (χ3n) is 8.29. The number of aliphatic imine (C=N–C) groups is 1. The summed E-state index contributed by atoms with van der Waals surface area (Å²) in [5.41, 5.74) is 20.3. The van der Waals surface area contributed by atoms with Crippen LogP contribution in [0.5, 0.6) is 0 Å². The zero-order valence-corrected chi connectivity index (χ0v) is 30.8. The molecular formula is C38H55F3N8O. The van der Waals surface area contributed by atoms with Gasteiger partial charge in [-0.05, 0) is 98.6 Å². The first-order valence-electron chi connectivity index (χ1n) is 17.1. The van der Waals surface area contributed by atoms with E-state index in [9.17, 15) is 18.0 Å². The fraction of sp³-hybridized carbons (Fsp3) is 0.500. The van der Waals surface area contributed by atoms with Crippen molar-refractivity contribution in [3.63, 3.8) is 0 Å². The van der Waals surface area contributed by atoms with Crippen LogP contribution in [0.25, 0.3) is 16.7 Å². The second-order valence-corrected chi connectivity index (χ2v) is 15.2. The Balaban J connectivity index is 0.000000295. The second-order valence-electron chi connectivity index (χ2n) is 15.2. The number of hydrogen-bond acceptors (Lipinski definition) is 5. The number of fused-ring (bicyclic) bond motifs is 1. The average molecular weight is 697 g/mol. The first-order chi connectivity index (χ1) is 23.1. The van der Waals surface area contributed by atoms with Crippen molar-refractivity contribution in [1.82, 2.24) is 19.4 Å². The lowest BCUT2D eigenvalue weighted by molar-refractivity contribution is -0.137. The van der Waals surface area contributed by atoms with Crippen molar-refractivity contribution in [1.29, 1.82) is 0 Å². The van der Waals surface area contributed by atoms with Crippen LogP contribution < -0.4 is 22.9 Å². The average Bonchev–Trinajstić information content (AvgIpc) is 3.42. The number of hydrogen-bond donors (Lipinski definition) is 4. The predicted molar refractivity (Wildman–Crippen MR) is 199 cm³/mol. The molecule has 2 heterocycles. The third-order valence-corrected chi connectivity index (χ3v) is 8.29. The highest BCUT2D eigenvalue weighted by molar-refractivity contribution is 5.76. The van der Waals surface area contributed by atoms with Gasteiger partial charge in [0.05, 0.1) is 11.3 Å². The van der Waals surface area contributed by atoms with Crippen molar-refractivity contribution in [2.24, 2.45) is 22.2 Å². The van der Waals surface area contributed by atoms with Gasteiger partial charge in [0, 0.05) is 41.8 Å². The number of aromatic nitrogens is 3. The van der Waals surface area contributed by atoms with Crippen molar-refractivity contribution in [3.8, 4) is 5.69 Å². The Morgan fingerprint density at radius 1 is 0.940 bits per heavy atom. The van der Waals surface area contributed by atoms with Crippen LogP contribution in [-0.2, 0) is 30.0 Å². The molecule has 0 fully saturated rings. The molecule has 0 radical (unpaired) electrons. The van der Waals surface area contributed by atoms with E-state index in [0.29, 0.717) is 18.6 Å². The van der Waals surface area contributed by atoms with Crippen molar-refractivity contribution in [2.75, 3.05) is 20.1 Å². The van der Waals surface area contributed by atoms with Gasteiger partial charge in [-0.3, -0.25) is 9.56 Å². The monoisotopic (exact) mass is 696 g/mol. The summed E-state index contributed by atoms with van der Waals surface area (Å²) in [5, 5.41) is 0.920. The highest BCUT2D eigenvalue weighted by Crippen LogP contribution is 2.34. The number of H-pyrrole nitrogens is 1. The van der Waals surface area contributed by atoms with Crippen molar-refractivity contribution in [3.05, 3.63) is 93.2 Å². The SMILES string of the molecule is CN(CCCN=C(N)N)Cc1ccc(-n2cc3cc(C(C)(C)C)[nH]c3nc2=O)cc1.C[C@H](N)CCCc1cc(C(C)(C)C)cc(C(F)(F)F)c1. The van der Waals surface area contributed by atoms with Gasteiger partial charge < -0.3 is 27.1 Å². The van der Waals surface area contributed by atoms with Crippen LogP contribution >= 0.6 is 0 Å². The number of nitrogens with one attached hydrogen (secondary N) is 1. The molecule has 50 heavy (non-hydrogen) atoms. The van der Waals surface area contributed by atoms with Gasteiger partial charge in [0.1, 0.15) is 5.65 Å². The summed E-state index contributed by atoms with van der Waals surface area (Å²) in [7, 11) is 2.06. The minimum atomic E-state index is -4.29. The van der Waals surface area contributed by atoms with Crippen LogP contribution in [0.1, 0.15) is 95.7 Å². The van der Waals surface area contributed by atoms with Crippen molar-refractivity contribution >= 4 is 17.0 Å². The van der Waals surface area contributed by atoms with Crippen LogP contribution in [-0.4, -0.2) is 51.6 Å². The Morgan fingerprint density at radius 3 is 2.14 bits per heavy atom. The molecule has 9 nitrogen and oxygen atoms in total. The zero-order valence-electron chi connectivity index (χ0n) is 30.8. The van der Waals surface area contributed by atoms with Crippen LogP contribution in [0.15, 0.2) is 64.5 Å². The maximum absolute atomic E-state index is 13.0. The summed E-state index contributed by atoms with van der Waals surface area (Å²) in [6.07, 6.45) is 0.706. The number of aromatic amines is 1. The predicted octanol–water partition coefficient (Wildman–Crippen LogP) is 6.78. The quantitative estimate of drug-likeness (QED) is 0.0774. The first-order valence-corrected chi connectivity index (χ1v) is 17.1. The molecule has 4 aromatic rings. The summed E-state index contributed by atoms with van der Waals surface area (Å²) >= 11 is 0. The van der Waals surface area contributed by atoms with E-state index in [4.69, 9.17) is 17.2 Å². The Hall–Kier alpha value is -4.16. The van der Waals surface area contributed by atoms with Gasteiger partial charge in [0.2, 0.25) is 0 Å². The summed E-state index contributed by atoms with van der Waals surface area (Å²) in [5.74, 6) is 0.130. The van der Waals surface area contributed by atoms with E-state index in [2.05, 4.69) is 53.7 Å². The second kappa shape index (κ2) is 16.7. The van der Waals surface area contributed by atoms with E-state index in [1.165, 1.54) is 17.7 Å². The molecule has 0 aliphatic heterocycles. The molecule has 0 bridgehead atoms. The van der Waals surface area contributed by atoms with E-state index in [-0.39, 0.29) is 28.5 Å². The van der Waals surface area contributed by atoms with E-state index < -0.39 is 11.7 Å². The normalized spacial score (nSPS) is 12.9. The largest absolute Gasteiger partial charge is 0.416 e. The molecule has 12 heteroatoms. The summed E-state index contributed by atoms with van der Waals surface area (Å²) in [6, 6.07) is 14.5. The van der Waals surface area contributed by atoms with Crippen LogP contribution in [0.4, 0.5) is 13.2 Å². The van der Waals surface area contributed by atoms with Crippen LogP contribution in [0, 0.1) is 0 Å². The molecule has 4 rings (SSSR count). The topological polar surface area (TPSA) is 144 Å². The number of benzene rings is 2. The van der Waals surface area contributed by atoms with E-state index in [1.807, 2.05) is 64.2 Å². The lowest BCUT2D eigenvalue weighted by Crippen LogP contribution is -2.24. The van der Waals surface area contributed by atoms with E-state index in [0.717, 1.165) is 60.2 Å². The maximum atomic E-state index is 13.0. The van der Waals surface area contributed by atoms with E-state index >= 15 is 0 Å². The molecule has 0 aliphatic carbocycles. The third kappa shape index (κ3) is 12.3. The van der Waals surface area contributed by atoms with Crippen LogP contribution in [0.2, 0.25) is 0 Å². The fourth-order valence-corrected chi connectivity index (χ4v) is 5.35. The van der Waals surface area contributed by atoms with Gasteiger partial charge in [-0.1, -0.05) is 59.7 Å². The van der Waals surface area contributed by atoms with Crippen molar-refractivity contribution < 1.29 is 13.2 Å². The minimum absolute atomic E-state index is 0.0362. The molecule has 0 spiro atoms. The lowest BCUT2D eigenvalue weighted by atomic mass is 9.84. The molecule has 2 aromatic carbocycles. The highest BCUT2D eigenvalue weighted by Gasteiger charge is 2.32. The maximum Gasteiger partial charge on any atom is 0.416 e. The highest BCUT2D eigenvalue weighted by atomic mass is 19.4. The number of guanidine groups is 1. The fourth-order valence-electron chi connectivity index (χ4n) is 5.35. The summed E-state index contributed by atoms with van der Waals surface area (Å²) in [6.45, 7) is 16.4. The molecule has 0 saturated carbocycles. The Kier molecular flexibility index (Phi) is 13.4. The van der Waals surface area contributed by atoms with Gasteiger partial charge >= 0.3 is 11.9 Å². The summed E-state index contributed by atoms with van der Waals surface area (Å²) in [4.78, 5) is 26.2. The molecule has 0 aliphatic rings. The number of nitrogens with two attached hydrogens (primary N) is 3. The van der Waals surface area contributed by atoms with Crippen molar-refractivity contribution in [2.45, 2.75) is 104 Å². The molecule has 0 unspecified atom stereocenters. The number of nitrogens with zero attached hydrogens (tertiary/aromatic N) is 4. The van der Waals surface area contributed by atoms with Gasteiger partial charge in [-0.15, -0.1) is 0 Å². The molecule has 0 amide bonds. The van der Waals surface area contributed by atoms with E-state index in [1.54, 1.807) is 4.57 Å². The Labute approximate surface area is 294 Å². The Morgan fingerprint density at radius 2 is 1.58 bits per heavy atom. The molecule has 1 atom stereocenters.